The lowest BCUT2D eigenvalue weighted by atomic mass is 10.1. The van der Waals surface area contributed by atoms with Crippen molar-refractivity contribution in [3.8, 4) is 0 Å². The second-order valence-corrected chi connectivity index (χ2v) is 4.13. The van der Waals surface area contributed by atoms with Crippen LogP contribution in [0.1, 0.15) is 26.3 Å². The Hall–Kier alpha value is -2.62. The number of carbonyl (C=O) groups is 2. The van der Waals surface area contributed by atoms with Crippen LogP contribution in [0.3, 0.4) is 0 Å². The molecule has 2 rings (SSSR count). The molecule has 102 valence electrons. The summed E-state index contributed by atoms with van der Waals surface area (Å²) in [7, 11) is 1.31. The highest BCUT2D eigenvalue weighted by atomic mass is 16.5. The van der Waals surface area contributed by atoms with Crippen molar-refractivity contribution >= 4 is 11.9 Å². The van der Waals surface area contributed by atoms with E-state index < -0.39 is 11.9 Å². The summed E-state index contributed by atoms with van der Waals surface area (Å²) in [6.45, 7) is 0.221. The van der Waals surface area contributed by atoms with E-state index in [1.165, 1.54) is 19.2 Å². The molecule has 0 aliphatic rings. The number of hydrogen-bond acceptors (Lipinski definition) is 4. The minimum absolute atomic E-state index is 0.221. The minimum atomic E-state index is -0.436. The van der Waals surface area contributed by atoms with E-state index in [1.807, 2.05) is 30.3 Å². The van der Waals surface area contributed by atoms with Crippen molar-refractivity contribution in [2.45, 2.75) is 6.61 Å². The number of hydrogen-bond donors (Lipinski definition) is 0. The predicted molar refractivity (Wildman–Crippen MR) is 73.3 cm³/mol. The van der Waals surface area contributed by atoms with Gasteiger partial charge in [-0.05, 0) is 29.8 Å². The van der Waals surface area contributed by atoms with E-state index in [4.69, 9.17) is 4.74 Å². The van der Waals surface area contributed by atoms with E-state index in [-0.39, 0.29) is 6.61 Å². The highest BCUT2D eigenvalue weighted by molar-refractivity contribution is 5.93. The van der Waals surface area contributed by atoms with Crippen molar-refractivity contribution in [2.75, 3.05) is 7.11 Å². The molecule has 0 fully saturated rings. The Labute approximate surface area is 116 Å². The van der Waals surface area contributed by atoms with Crippen LogP contribution >= 0.6 is 0 Å². The van der Waals surface area contributed by atoms with Gasteiger partial charge in [0.2, 0.25) is 0 Å². The van der Waals surface area contributed by atoms with E-state index in [1.54, 1.807) is 12.1 Å². The molecule has 20 heavy (non-hydrogen) atoms. The average molecular weight is 270 g/mol. The van der Waals surface area contributed by atoms with Gasteiger partial charge in [-0.3, -0.25) is 0 Å². The molecule has 0 bridgehead atoms. The number of esters is 2. The summed E-state index contributed by atoms with van der Waals surface area (Å²) in [5.41, 5.74) is 1.72. The zero-order chi connectivity index (χ0) is 14.4. The van der Waals surface area contributed by atoms with Crippen molar-refractivity contribution in [1.29, 1.82) is 0 Å². The van der Waals surface area contributed by atoms with Gasteiger partial charge >= 0.3 is 11.9 Å². The molecule has 0 N–H and O–H groups in total. The lowest BCUT2D eigenvalue weighted by molar-refractivity contribution is 0.0471. The fraction of sp³-hybridized carbons (Fsp3) is 0.125. The van der Waals surface area contributed by atoms with Gasteiger partial charge < -0.3 is 9.47 Å². The number of benzene rings is 2. The summed E-state index contributed by atoms with van der Waals surface area (Å²) < 4.78 is 9.77. The number of rotatable bonds is 4. The van der Waals surface area contributed by atoms with E-state index in [0.29, 0.717) is 11.1 Å². The van der Waals surface area contributed by atoms with Gasteiger partial charge in [0.15, 0.2) is 0 Å². The molecule has 0 atom stereocenters. The smallest absolute Gasteiger partial charge is 0.338 e. The monoisotopic (exact) mass is 270 g/mol. The Morgan fingerprint density at radius 1 is 0.850 bits per heavy atom. The summed E-state index contributed by atoms with van der Waals surface area (Å²) in [4.78, 5) is 23.1. The summed E-state index contributed by atoms with van der Waals surface area (Å²) in [5, 5.41) is 0. The maximum absolute atomic E-state index is 11.8. The SMILES string of the molecule is COC(=O)c1ccc(C(=O)OCc2ccccc2)cc1. The van der Waals surface area contributed by atoms with E-state index in [9.17, 15) is 9.59 Å². The molecular formula is C16H14O4. The average Bonchev–Trinajstić information content (AvgIpc) is 2.53. The Kier molecular flexibility index (Phi) is 4.50. The fourth-order valence-electron chi connectivity index (χ4n) is 1.67. The molecule has 0 heterocycles. The summed E-state index contributed by atoms with van der Waals surface area (Å²) in [6.07, 6.45) is 0. The maximum Gasteiger partial charge on any atom is 0.338 e. The van der Waals surface area contributed by atoms with Gasteiger partial charge in [0.05, 0.1) is 18.2 Å². The lowest BCUT2D eigenvalue weighted by Gasteiger charge is -2.05. The molecule has 0 aromatic heterocycles. The number of carbonyl (C=O) groups excluding carboxylic acids is 2. The highest BCUT2D eigenvalue weighted by Gasteiger charge is 2.10. The fourth-order valence-corrected chi connectivity index (χ4v) is 1.67. The Balaban J connectivity index is 1.97. The van der Waals surface area contributed by atoms with Crippen molar-refractivity contribution in [2.24, 2.45) is 0 Å². The Morgan fingerprint density at radius 2 is 1.40 bits per heavy atom. The molecule has 0 spiro atoms. The largest absolute Gasteiger partial charge is 0.465 e. The Bertz CT molecular complexity index is 588. The van der Waals surface area contributed by atoms with Crippen LogP contribution in [-0.2, 0) is 16.1 Å². The maximum atomic E-state index is 11.8. The molecule has 0 aliphatic carbocycles. The van der Waals surface area contributed by atoms with Gasteiger partial charge in [-0.2, -0.15) is 0 Å². The van der Waals surface area contributed by atoms with E-state index >= 15 is 0 Å². The van der Waals surface area contributed by atoms with Crippen LogP contribution in [0.2, 0.25) is 0 Å². The van der Waals surface area contributed by atoms with Gasteiger partial charge in [-0.25, -0.2) is 9.59 Å². The topological polar surface area (TPSA) is 52.6 Å². The van der Waals surface area contributed by atoms with Gasteiger partial charge in [0, 0.05) is 0 Å². The van der Waals surface area contributed by atoms with Gasteiger partial charge in [0.25, 0.3) is 0 Å². The third-order valence-corrected chi connectivity index (χ3v) is 2.75. The van der Waals surface area contributed by atoms with Crippen molar-refractivity contribution in [3.05, 3.63) is 71.3 Å². The van der Waals surface area contributed by atoms with Crippen LogP contribution < -0.4 is 0 Å². The molecular weight excluding hydrogens is 256 g/mol. The number of methoxy groups -OCH3 is 1. The molecule has 4 heteroatoms. The predicted octanol–water partition coefficient (Wildman–Crippen LogP) is 2.83. The minimum Gasteiger partial charge on any atom is -0.465 e. The first-order chi connectivity index (χ1) is 9.70. The van der Waals surface area contributed by atoms with E-state index in [2.05, 4.69) is 4.74 Å². The third-order valence-electron chi connectivity index (χ3n) is 2.75. The summed E-state index contributed by atoms with van der Waals surface area (Å²) in [5.74, 6) is -0.862. The first kappa shape index (κ1) is 13.8. The highest BCUT2D eigenvalue weighted by Crippen LogP contribution is 2.09. The lowest BCUT2D eigenvalue weighted by Crippen LogP contribution is -2.06. The van der Waals surface area contributed by atoms with Gasteiger partial charge in [-0.15, -0.1) is 0 Å². The molecule has 0 aliphatic heterocycles. The first-order valence-corrected chi connectivity index (χ1v) is 6.10. The van der Waals surface area contributed by atoms with Crippen LogP contribution in [0, 0.1) is 0 Å². The Morgan fingerprint density at radius 3 is 1.95 bits per heavy atom. The summed E-state index contributed by atoms with van der Waals surface area (Å²) >= 11 is 0. The van der Waals surface area contributed by atoms with Crippen molar-refractivity contribution < 1.29 is 19.1 Å². The molecule has 0 amide bonds. The second-order valence-electron chi connectivity index (χ2n) is 4.13. The molecule has 4 nitrogen and oxygen atoms in total. The second kappa shape index (κ2) is 6.52. The first-order valence-electron chi connectivity index (χ1n) is 6.10. The molecule has 2 aromatic rings. The van der Waals surface area contributed by atoms with Gasteiger partial charge in [0.1, 0.15) is 6.61 Å². The zero-order valence-corrected chi connectivity index (χ0v) is 11.0. The molecule has 2 aromatic carbocycles. The quantitative estimate of drug-likeness (QED) is 0.802. The number of ether oxygens (including phenoxy) is 2. The van der Waals surface area contributed by atoms with Crippen LogP contribution in [0.25, 0.3) is 0 Å². The summed E-state index contributed by atoms with van der Waals surface area (Å²) in [6, 6.07) is 15.6. The third kappa shape index (κ3) is 3.45. The van der Waals surface area contributed by atoms with Gasteiger partial charge in [-0.1, -0.05) is 30.3 Å². The molecule has 0 unspecified atom stereocenters. The molecule has 0 saturated heterocycles. The zero-order valence-electron chi connectivity index (χ0n) is 11.0. The van der Waals surface area contributed by atoms with E-state index in [0.717, 1.165) is 5.56 Å². The van der Waals surface area contributed by atoms with Crippen molar-refractivity contribution in [1.82, 2.24) is 0 Å². The normalized spacial score (nSPS) is 9.85. The van der Waals surface area contributed by atoms with Crippen LogP contribution in [0.5, 0.6) is 0 Å². The van der Waals surface area contributed by atoms with Crippen molar-refractivity contribution in [3.63, 3.8) is 0 Å². The standard InChI is InChI=1S/C16H14O4/c1-19-15(17)13-7-9-14(10-8-13)16(18)20-11-12-5-3-2-4-6-12/h2-10H,11H2,1H3. The van der Waals surface area contributed by atoms with Crippen LogP contribution in [0.4, 0.5) is 0 Å². The van der Waals surface area contributed by atoms with Crippen LogP contribution in [0.15, 0.2) is 54.6 Å². The van der Waals surface area contributed by atoms with Crippen LogP contribution in [-0.4, -0.2) is 19.0 Å². The molecule has 0 radical (unpaired) electrons. The molecule has 0 saturated carbocycles.